The Balaban J connectivity index is 1.72. The number of carbonyl (C=O) groups excluding carboxylic acids is 1. The maximum atomic E-state index is 11.1. The number of fused-ring (bicyclic) bond motifs is 3. The van der Waals surface area contributed by atoms with Crippen LogP contribution in [0.2, 0.25) is 0 Å². The molecule has 1 N–H and O–H groups in total. The van der Waals surface area contributed by atoms with Crippen LogP contribution in [0.5, 0.6) is 0 Å². The first-order chi connectivity index (χ1) is 13.8. The minimum absolute atomic E-state index is 0.670. The molecule has 0 unspecified atom stereocenters. The van der Waals surface area contributed by atoms with Crippen molar-refractivity contribution in [1.82, 2.24) is 4.98 Å². The number of aldehydes is 1. The zero-order valence-corrected chi connectivity index (χ0v) is 15.2. The van der Waals surface area contributed by atoms with Crippen LogP contribution in [0.4, 0.5) is 17.1 Å². The predicted molar refractivity (Wildman–Crippen MR) is 116 cm³/mol. The van der Waals surface area contributed by atoms with Crippen LogP contribution in [-0.4, -0.2) is 11.3 Å². The van der Waals surface area contributed by atoms with Gasteiger partial charge in [0.25, 0.3) is 0 Å². The summed E-state index contributed by atoms with van der Waals surface area (Å²) < 4.78 is 0. The van der Waals surface area contributed by atoms with E-state index >= 15 is 0 Å². The molecule has 4 aromatic carbocycles. The fraction of sp³-hybridized carbons (Fsp3) is 0. The van der Waals surface area contributed by atoms with Gasteiger partial charge in [0.2, 0.25) is 0 Å². The van der Waals surface area contributed by atoms with Crippen molar-refractivity contribution in [1.29, 1.82) is 0 Å². The van der Waals surface area contributed by atoms with Gasteiger partial charge < -0.3 is 9.88 Å². The van der Waals surface area contributed by atoms with Gasteiger partial charge in [0.05, 0.1) is 0 Å². The number of benzene rings is 4. The Kier molecular flexibility index (Phi) is 3.91. The molecule has 1 aromatic heterocycles. The van der Waals surface area contributed by atoms with Crippen LogP contribution in [-0.2, 0) is 0 Å². The third-order valence-electron chi connectivity index (χ3n) is 5.05. The van der Waals surface area contributed by atoms with E-state index in [1.54, 1.807) is 0 Å². The van der Waals surface area contributed by atoms with Gasteiger partial charge in [0, 0.05) is 44.4 Å². The molecule has 0 saturated heterocycles. The number of carbonyl (C=O) groups is 1. The van der Waals surface area contributed by atoms with E-state index in [0.29, 0.717) is 5.56 Å². The van der Waals surface area contributed by atoms with E-state index in [1.165, 1.54) is 10.8 Å². The van der Waals surface area contributed by atoms with Crippen molar-refractivity contribution in [2.24, 2.45) is 0 Å². The highest BCUT2D eigenvalue weighted by Gasteiger charge is 2.14. The summed E-state index contributed by atoms with van der Waals surface area (Å²) in [4.78, 5) is 16.7. The Bertz CT molecular complexity index is 1270. The minimum atomic E-state index is 0.670. The molecule has 134 valence electrons. The molecule has 0 fully saturated rings. The SMILES string of the molecule is O=Cc1ccc(N(c2ccccc2)c2ccc3[nH]c4ccccc4c3c2)cc1. The van der Waals surface area contributed by atoms with E-state index in [0.717, 1.165) is 34.4 Å². The molecular formula is C25H18N2O. The fourth-order valence-electron chi connectivity index (χ4n) is 3.70. The Hall–Kier alpha value is -3.85. The summed E-state index contributed by atoms with van der Waals surface area (Å²) in [6.07, 6.45) is 0.870. The number of hydrogen-bond acceptors (Lipinski definition) is 2. The molecule has 0 aliphatic rings. The molecule has 5 aromatic rings. The standard InChI is InChI=1S/C25H18N2O/c28-17-18-10-12-20(13-11-18)27(19-6-2-1-3-7-19)21-14-15-25-23(16-21)22-8-4-5-9-24(22)26-25/h1-17,26H. The van der Waals surface area contributed by atoms with Gasteiger partial charge in [-0.1, -0.05) is 36.4 Å². The molecule has 0 saturated carbocycles. The molecule has 1 heterocycles. The minimum Gasteiger partial charge on any atom is -0.355 e. The number of aromatic amines is 1. The first-order valence-electron chi connectivity index (χ1n) is 9.24. The highest BCUT2D eigenvalue weighted by Crippen LogP contribution is 2.37. The smallest absolute Gasteiger partial charge is 0.150 e. The largest absolute Gasteiger partial charge is 0.355 e. The van der Waals surface area contributed by atoms with Crippen molar-refractivity contribution in [3.8, 4) is 0 Å². The van der Waals surface area contributed by atoms with Crippen LogP contribution in [0.1, 0.15) is 10.4 Å². The number of aromatic nitrogens is 1. The van der Waals surface area contributed by atoms with Gasteiger partial charge in [0.1, 0.15) is 6.29 Å². The third-order valence-corrected chi connectivity index (χ3v) is 5.05. The molecule has 0 spiro atoms. The highest BCUT2D eigenvalue weighted by atomic mass is 16.1. The second-order valence-electron chi connectivity index (χ2n) is 6.78. The van der Waals surface area contributed by atoms with Gasteiger partial charge in [-0.05, 0) is 60.7 Å². The van der Waals surface area contributed by atoms with Gasteiger partial charge in [-0.15, -0.1) is 0 Å². The number of nitrogens with one attached hydrogen (secondary N) is 1. The summed E-state index contributed by atoms with van der Waals surface area (Å²) in [6, 6.07) is 32.7. The molecule has 0 atom stereocenters. The van der Waals surface area contributed by atoms with Crippen LogP contribution >= 0.6 is 0 Å². The van der Waals surface area contributed by atoms with E-state index in [2.05, 4.69) is 58.4 Å². The highest BCUT2D eigenvalue weighted by molar-refractivity contribution is 6.08. The summed E-state index contributed by atoms with van der Waals surface area (Å²) in [5, 5.41) is 2.40. The first-order valence-corrected chi connectivity index (χ1v) is 9.24. The van der Waals surface area contributed by atoms with Crippen LogP contribution in [0, 0.1) is 0 Å². The Morgan fingerprint density at radius 2 is 1.25 bits per heavy atom. The Morgan fingerprint density at radius 1 is 0.607 bits per heavy atom. The first kappa shape index (κ1) is 16.3. The molecule has 0 radical (unpaired) electrons. The molecule has 0 bridgehead atoms. The van der Waals surface area contributed by atoms with Gasteiger partial charge in [-0.3, -0.25) is 4.79 Å². The Morgan fingerprint density at radius 3 is 2.04 bits per heavy atom. The van der Waals surface area contributed by atoms with E-state index in [9.17, 15) is 4.79 Å². The quantitative estimate of drug-likeness (QED) is 0.365. The second-order valence-corrected chi connectivity index (χ2v) is 6.78. The van der Waals surface area contributed by atoms with Crippen molar-refractivity contribution in [2.45, 2.75) is 0 Å². The number of anilines is 3. The lowest BCUT2D eigenvalue weighted by atomic mass is 10.1. The van der Waals surface area contributed by atoms with Gasteiger partial charge in [-0.25, -0.2) is 0 Å². The van der Waals surface area contributed by atoms with Crippen LogP contribution in [0.3, 0.4) is 0 Å². The monoisotopic (exact) mass is 362 g/mol. The zero-order chi connectivity index (χ0) is 18.9. The van der Waals surface area contributed by atoms with E-state index in [-0.39, 0.29) is 0 Å². The maximum Gasteiger partial charge on any atom is 0.150 e. The number of hydrogen-bond donors (Lipinski definition) is 1. The van der Waals surface area contributed by atoms with Gasteiger partial charge in [0.15, 0.2) is 0 Å². The molecule has 0 amide bonds. The van der Waals surface area contributed by atoms with Crippen molar-refractivity contribution in [3.63, 3.8) is 0 Å². The topological polar surface area (TPSA) is 36.1 Å². The molecular weight excluding hydrogens is 344 g/mol. The molecule has 28 heavy (non-hydrogen) atoms. The summed E-state index contributed by atoms with van der Waals surface area (Å²) >= 11 is 0. The summed E-state index contributed by atoms with van der Waals surface area (Å²) in [5.74, 6) is 0. The molecule has 0 aliphatic carbocycles. The lowest BCUT2D eigenvalue weighted by Crippen LogP contribution is -2.09. The van der Waals surface area contributed by atoms with Crippen LogP contribution in [0.25, 0.3) is 21.8 Å². The molecule has 3 nitrogen and oxygen atoms in total. The van der Waals surface area contributed by atoms with E-state index in [1.807, 2.05) is 48.5 Å². The van der Waals surface area contributed by atoms with E-state index < -0.39 is 0 Å². The summed E-state index contributed by atoms with van der Waals surface area (Å²) in [5.41, 5.74) is 6.08. The molecule has 3 heteroatoms. The number of H-pyrrole nitrogens is 1. The predicted octanol–water partition coefficient (Wildman–Crippen LogP) is 6.60. The number of para-hydroxylation sites is 2. The van der Waals surface area contributed by atoms with Gasteiger partial charge >= 0.3 is 0 Å². The number of nitrogens with zero attached hydrogens (tertiary/aromatic N) is 1. The van der Waals surface area contributed by atoms with Crippen molar-refractivity contribution < 1.29 is 4.79 Å². The zero-order valence-electron chi connectivity index (χ0n) is 15.2. The van der Waals surface area contributed by atoms with Crippen molar-refractivity contribution in [2.75, 3.05) is 4.90 Å². The second kappa shape index (κ2) is 6.71. The summed E-state index contributed by atoms with van der Waals surface area (Å²) in [7, 11) is 0. The number of rotatable bonds is 4. The van der Waals surface area contributed by atoms with Crippen LogP contribution < -0.4 is 4.90 Å². The normalized spacial score (nSPS) is 11.0. The Labute approximate surface area is 162 Å². The lowest BCUT2D eigenvalue weighted by molar-refractivity contribution is 0.112. The molecule has 0 aliphatic heterocycles. The van der Waals surface area contributed by atoms with E-state index in [4.69, 9.17) is 0 Å². The maximum absolute atomic E-state index is 11.1. The third kappa shape index (κ3) is 2.74. The average molecular weight is 362 g/mol. The van der Waals surface area contributed by atoms with Crippen molar-refractivity contribution in [3.05, 3.63) is 103 Å². The fourth-order valence-corrected chi connectivity index (χ4v) is 3.70. The summed E-state index contributed by atoms with van der Waals surface area (Å²) in [6.45, 7) is 0. The van der Waals surface area contributed by atoms with Crippen molar-refractivity contribution >= 4 is 45.2 Å². The average Bonchev–Trinajstić information content (AvgIpc) is 3.13. The van der Waals surface area contributed by atoms with Crippen LogP contribution in [0.15, 0.2) is 97.1 Å². The molecule has 5 rings (SSSR count). The van der Waals surface area contributed by atoms with Gasteiger partial charge in [-0.2, -0.15) is 0 Å². The lowest BCUT2D eigenvalue weighted by Gasteiger charge is -2.25.